The number of ketones is 1. The standard InChI is InChI=1S/C22H28N6O5.ClH/c1-13-8-18(33-21(31)24-5)25-28-19(13)26-27(20(28)23)12-17(30)14-9-15(22(2,3)4)11-16(10-14)32-7-6-29;/h8-11,23,29H,6-7,12H2,1-5H3,(H,24,31);1H. The Morgan fingerprint density at radius 3 is 2.50 bits per heavy atom. The molecule has 12 heteroatoms. The van der Waals surface area contributed by atoms with Gasteiger partial charge < -0.3 is 19.9 Å². The van der Waals surface area contributed by atoms with E-state index in [0.717, 1.165) is 5.56 Å². The molecule has 34 heavy (non-hydrogen) atoms. The molecule has 0 fully saturated rings. The van der Waals surface area contributed by atoms with Crippen LogP contribution in [0.2, 0.25) is 0 Å². The number of carbonyl (C=O) groups is 2. The van der Waals surface area contributed by atoms with Crippen LogP contribution in [0.25, 0.3) is 5.65 Å². The SMILES string of the molecule is CNC(=O)Oc1cc(C)c2nn(CC(=O)c3cc(OCCO)cc(C(C)(C)C)c3)c(=N)n2n1.Cl. The molecule has 2 aromatic heterocycles. The monoisotopic (exact) mass is 492 g/mol. The molecule has 0 saturated carbocycles. The number of nitrogens with one attached hydrogen (secondary N) is 2. The molecule has 11 nitrogen and oxygen atoms in total. The number of carbonyl (C=O) groups excluding carboxylic acids is 2. The van der Waals surface area contributed by atoms with Gasteiger partial charge in [-0.3, -0.25) is 10.2 Å². The van der Waals surface area contributed by atoms with E-state index < -0.39 is 6.09 Å². The number of amides is 1. The summed E-state index contributed by atoms with van der Waals surface area (Å²) in [5.74, 6) is 0.225. The molecule has 0 saturated heterocycles. The van der Waals surface area contributed by atoms with Crippen molar-refractivity contribution >= 4 is 29.9 Å². The van der Waals surface area contributed by atoms with Gasteiger partial charge in [0, 0.05) is 24.2 Å². The van der Waals surface area contributed by atoms with Gasteiger partial charge in [0.15, 0.2) is 11.4 Å². The number of aliphatic hydroxyl groups is 1. The summed E-state index contributed by atoms with van der Waals surface area (Å²) < 4.78 is 13.1. The third kappa shape index (κ3) is 5.91. The molecule has 0 aliphatic heterocycles. The van der Waals surface area contributed by atoms with E-state index in [0.29, 0.717) is 22.5 Å². The first-order valence-electron chi connectivity index (χ1n) is 10.4. The highest BCUT2D eigenvalue weighted by atomic mass is 35.5. The number of fused-ring (bicyclic) bond motifs is 1. The molecule has 184 valence electrons. The van der Waals surface area contributed by atoms with Crippen LogP contribution in [0.5, 0.6) is 11.6 Å². The Bertz CT molecular complexity index is 1260. The van der Waals surface area contributed by atoms with Gasteiger partial charge in [0.05, 0.1) is 6.61 Å². The topological polar surface area (TPSA) is 144 Å². The number of hydrogen-bond acceptors (Lipinski definition) is 8. The van der Waals surface area contributed by atoms with E-state index in [1.165, 1.54) is 22.3 Å². The smallest absolute Gasteiger partial charge is 0.413 e. The number of ether oxygens (including phenoxy) is 2. The van der Waals surface area contributed by atoms with Crippen molar-refractivity contribution in [1.29, 1.82) is 5.41 Å². The van der Waals surface area contributed by atoms with Gasteiger partial charge in [-0.1, -0.05) is 20.8 Å². The van der Waals surface area contributed by atoms with Crippen LogP contribution in [0, 0.1) is 12.3 Å². The fourth-order valence-electron chi connectivity index (χ4n) is 3.10. The van der Waals surface area contributed by atoms with Crippen LogP contribution in [0.3, 0.4) is 0 Å². The third-order valence-electron chi connectivity index (χ3n) is 4.90. The number of aliphatic hydroxyl groups excluding tert-OH is 1. The van der Waals surface area contributed by atoms with Gasteiger partial charge in [0.2, 0.25) is 11.5 Å². The van der Waals surface area contributed by atoms with Gasteiger partial charge in [-0.25, -0.2) is 9.48 Å². The minimum atomic E-state index is -0.686. The van der Waals surface area contributed by atoms with Crippen molar-refractivity contribution in [1.82, 2.24) is 24.7 Å². The molecule has 0 unspecified atom stereocenters. The fourth-order valence-corrected chi connectivity index (χ4v) is 3.10. The highest BCUT2D eigenvalue weighted by Crippen LogP contribution is 2.28. The van der Waals surface area contributed by atoms with Gasteiger partial charge >= 0.3 is 6.09 Å². The number of benzene rings is 1. The first-order valence-corrected chi connectivity index (χ1v) is 10.4. The van der Waals surface area contributed by atoms with Crippen LogP contribution in [0.4, 0.5) is 4.79 Å². The minimum Gasteiger partial charge on any atom is -0.491 e. The van der Waals surface area contributed by atoms with Crippen molar-refractivity contribution in [2.75, 3.05) is 20.3 Å². The zero-order valence-electron chi connectivity index (χ0n) is 19.7. The van der Waals surface area contributed by atoms with Crippen LogP contribution in [0.1, 0.15) is 42.3 Å². The Balaban J connectivity index is 0.00000408. The van der Waals surface area contributed by atoms with E-state index in [4.69, 9.17) is 20.0 Å². The van der Waals surface area contributed by atoms with E-state index in [2.05, 4.69) is 15.5 Å². The molecule has 0 atom stereocenters. The van der Waals surface area contributed by atoms with Gasteiger partial charge in [0.25, 0.3) is 0 Å². The van der Waals surface area contributed by atoms with E-state index in [1.54, 1.807) is 19.1 Å². The first-order chi connectivity index (χ1) is 15.5. The highest BCUT2D eigenvalue weighted by molar-refractivity contribution is 5.96. The molecule has 0 aliphatic carbocycles. The van der Waals surface area contributed by atoms with Crippen LogP contribution in [0.15, 0.2) is 24.3 Å². The summed E-state index contributed by atoms with van der Waals surface area (Å²) in [6.07, 6.45) is -0.686. The second-order valence-corrected chi connectivity index (χ2v) is 8.51. The van der Waals surface area contributed by atoms with E-state index in [1.807, 2.05) is 26.8 Å². The number of halogens is 1. The summed E-state index contributed by atoms with van der Waals surface area (Å²) >= 11 is 0. The maximum absolute atomic E-state index is 13.1. The molecular formula is C22H29ClN6O5. The van der Waals surface area contributed by atoms with Crippen molar-refractivity contribution in [2.45, 2.75) is 39.7 Å². The van der Waals surface area contributed by atoms with Crippen LogP contribution >= 0.6 is 12.4 Å². The number of aryl methyl sites for hydroxylation is 1. The Hall–Kier alpha value is -3.44. The lowest BCUT2D eigenvalue weighted by molar-refractivity contribution is 0.0965. The number of Topliss-reactive ketones (excluding diaryl/α,β-unsaturated/α-hetero) is 1. The molecule has 3 N–H and O–H groups in total. The van der Waals surface area contributed by atoms with E-state index >= 15 is 0 Å². The molecule has 0 spiro atoms. The Morgan fingerprint density at radius 2 is 1.88 bits per heavy atom. The summed E-state index contributed by atoms with van der Waals surface area (Å²) in [5.41, 5.74) is 1.93. The molecule has 0 radical (unpaired) electrons. The summed E-state index contributed by atoms with van der Waals surface area (Å²) in [7, 11) is 1.43. The minimum absolute atomic E-state index is 0. The molecule has 3 rings (SSSR count). The quantitative estimate of drug-likeness (QED) is 0.428. The Morgan fingerprint density at radius 1 is 1.18 bits per heavy atom. The second-order valence-electron chi connectivity index (χ2n) is 8.51. The summed E-state index contributed by atoms with van der Waals surface area (Å²) in [5, 5.41) is 28.3. The number of rotatable bonds is 7. The molecule has 0 aliphatic rings. The Kier molecular flexibility index (Phi) is 8.41. The average Bonchev–Trinajstić information content (AvgIpc) is 3.07. The molecule has 1 amide bonds. The van der Waals surface area contributed by atoms with Gasteiger partial charge in [-0.15, -0.1) is 22.6 Å². The van der Waals surface area contributed by atoms with Gasteiger partial charge in [0.1, 0.15) is 18.9 Å². The van der Waals surface area contributed by atoms with E-state index in [9.17, 15) is 9.59 Å². The average molecular weight is 493 g/mol. The van der Waals surface area contributed by atoms with Crippen molar-refractivity contribution in [3.05, 3.63) is 46.6 Å². The van der Waals surface area contributed by atoms with Gasteiger partial charge in [-0.05, 0) is 36.1 Å². The molecular weight excluding hydrogens is 464 g/mol. The lowest BCUT2D eigenvalue weighted by Gasteiger charge is -2.21. The van der Waals surface area contributed by atoms with Crippen LogP contribution in [-0.4, -0.2) is 56.6 Å². The molecule has 1 aromatic carbocycles. The Labute approximate surface area is 202 Å². The maximum Gasteiger partial charge on any atom is 0.413 e. The van der Waals surface area contributed by atoms with Crippen molar-refractivity contribution in [3.63, 3.8) is 0 Å². The van der Waals surface area contributed by atoms with Gasteiger partial charge in [-0.2, -0.15) is 4.52 Å². The molecule has 3 aromatic rings. The van der Waals surface area contributed by atoms with Crippen LogP contribution in [-0.2, 0) is 12.0 Å². The summed E-state index contributed by atoms with van der Waals surface area (Å²) in [6.45, 7) is 7.60. The third-order valence-corrected chi connectivity index (χ3v) is 4.90. The molecule has 2 heterocycles. The van der Waals surface area contributed by atoms with Crippen molar-refractivity contribution < 1.29 is 24.2 Å². The fraction of sp³-hybridized carbons (Fsp3) is 0.409. The lowest BCUT2D eigenvalue weighted by atomic mass is 9.85. The predicted molar refractivity (Wildman–Crippen MR) is 126 cm³/mol. The van der Waals surface area contributed by atoms with Crippen molar-refractivity contribution in [3.8, 4) is 11.6 Å². The maximum atomic E-state index is 13.1. The largest absolute Gasteiger partial charge is 0.491 e. The summed E-state index contributed by atoms with van der Waals surface area (Å²) in [6, 6.07) is 6.79. The van der Waals surface area contributed by atoms with E-state index in [-0.39, 0.29) is 54.9 Å². The lowest BCUT2D eigenvalue weighted by Crippen LogP contribution is -2.27. The second kappa shape index (κ2) is 10.7. The highest BCUT2D eigenvalue weighted by Gasteiger charge is 2.20. The number of nitrogens with zero attached hydrogens (tertiary/aromatic N) is 4. The predicted octanol–water partition coefficient (Wildman–Crippen LogP) is 2.01. The zero-order valence-corrected chi connectivity index (χ0v) is 20.5. The molecule has 0 bridgehead atoms. The summed E-state index contributed by atoms with van der Waals surface area (Å²) in [4.78, 5) is 24.6. The van der Waals surface area contributed by atoms with Crippen molar-refractivity contribution in [2.24, 2.45) is 0 Å². The number of hydrogen-bond donors (Lipinski definition) is 3. The normalized spacial score (nSPS) is 11.1. The number of aromatic nitrogens is 4. The first kappa shape index (κ1) is 26.8. The zero-order chi connectivity index (χ0) is 24.3. The van der Waals surface area contributed by atoms with Crippen LogP contribution < -0.4 is 20.4 Å².